The average Bonchev–Trinajstić information content (AvgIpc) is 3.02. The topological polar surface area (TPSA) is 98.0 Å². The molecule has 4 N–H and O–H groups in total. The van der Waals surface area contributed by atoms with Crippen molar-refractivity contribution < 1.29 is 9.53 Å². The summed E-state index contributed by atoms with van der Waals surface area (Å²) in [5.74, 6) is 1.62. The molecule has 7 nitrogen and oxygen atoms in total. The molecule has 0 aliphatic heterocycles. The van der Waals surface area contributed by atoms with E-state index in [4.69, 9.17) is 22.7 Å². The van der Waals surface area contributed by atoms with Gasteiger partial charge in [0.25, 0.3) is 0 Å². The molecule has 3 rings (SSSR count). The van der Waals surface area contributed by atoms with Crippen LogP contribution in [0.15, 0.2) is 48.5 Å². The highest BCUT2D eigenvalue weighted by Crippen LogP contribution is 2.17. The summed E-state index contributed by atoms with van der Waals surface area (Å²) < 4.78 is 7.42. The lowest BCUT2D eigenvalue weighted by molar-refractivity contribution is -0.115. The molecule has 1 aromatic heterocycles. The zero-order valence-electron chi connectivity index (χ0n) is 15.5. The van der Waals surface area contributed by atoms with E-state index in [0.717, 1.165) is 28.5 Å². The number of carbonyl (C=O) groups excluding carboxylic acids is 1. The van der Waals surface area contributed by atoms with Gasteiger partial charge in [-0.25, -0.2) is 0 Å². The first-order valence-corrected chi connectivity index (χ1v) is 8.76. The van der Waals surface area contributed by atoms with Crippen LogP contribution in [0.3, 0.4) is 0 Å². The Morgan fingerprint density at radius 3 is 2.33 bits per heavy atom. The lowest BCUT2D eigenvalue weighted by Crippen LogP contribution is -2.08. The van der Waals surface area contributed by atoms with Crippen molar-refractivity contribution in [1.29, 1.82) is 0 Å². The van der Waals surface area contributed by atoms with Crippen LogP contribution in [0.5, 0.6) is 5.75 Å². The summed E-state index contributed by atoms with van der Waals surface area (Å²) in [6.07, 6.45) is 0.492. The summed E-state index contributed by atoms with van der Waals surface area (Å²) in [7, 11) is 3.48. The third-order valence-corrected chi connectivity index (χ3v) is 4.11. The fourth-order valence-corrected chi connectivity index (χ4v) is 2.29. The van der Waals surface area contributed by atoms with Crippen molar-refractivity contribution in [1.82, 2.24) is 14.8 Å². The van der Waals surface area contributed by atoms with Crippen LogP contribution < -0.4 is 15.8 Å². The van der Waals surface area contributed by atoms with E-state index in [1.807, 2.05) is 67.1 Å². The number of methoxy groups -OCH3 is 1. The Morgan fingerprint density at radius 2 is 1.85 bits per heavy atom. The Labute approximate surface area is 163 Å². The fraction of sp³-hybridized carbons (Fsp3) is 0.211. The summed E-state index contributed by atoms with van der Waals surface area (Å²) in [6.45, 7) is 1.82. The first kappa shape index (κ1) is 20.2. The molecule has 3 aromatic rings. The molecule has 0 aliphatic carbocycles. The first-order chi connectivity index (χ1) is 12.9. The SMILES string of the molecule is CCC(=O)Nc1ccc(OC)cc1.Cn1c(-c2ccc(N)cc2)n[nH]c1=S. The second-order valence-electron chi connectivity index (χ2n) is 5.66. The minimum absolute atomic E-state index is 0.0187. The van der Waals surface area contributed by atoms with E-state index in [1.165, 1.54) is 0 Å². The molecule has 0 unspecified atom stereocenters. The van der Waals surface area contributed by atoms with Crippen molar-refractivity contribution in [2.75, 3.05) is 18.2 Å². The quantitative estimate of drug-likeness (QED) is 0.469. The molecule has 1 heterocycles. The van der Waals surface area contributed by atoms with Crippen LogP contribution in [-0.2, 0) is 11.8 Å². The molecule has 0 saturated carbocycles. The number of aromatic nitrogens is 3. The number of nitrogens with one attached hydrogen (secondary N) is 2. The predicted molar refractivity (Wildman–Crippen MR) is 110 cm³/mol. The molecule has 0 aliphatic rings. The van der Waals surface area contributed by atoms with Crippen molar-refractivity contribution in [3.63, 3.8) is 0 Å². The number of hydrogen-bond donors (Lipinski definition) is 3. The van der Waals surface area contributed by atoms with Crippen LogP contribution in [0.25, 0.3) is 11.4 Å². The highest BCUT2D eigenvalue weighted by atomic mass is 32.1. The van der Waals surface area contributed by atoms with Crippen LogP contribution in [0.2, 0.25) is 0 Å². The number of aromatic amines is 1. The maximum Gasteiger partial charge on any atom is 0.224 e. The first-order valence-electron chi connectivity index (χ1n) is 8.35. The van der Waals surface area contributed by atoms with Crippen molar-refractivity contribution in [2.45, 2.75) is 13.3 Å². The number of H-pyrrole nitrogens is 1. The Balaban J connectivity index is 0.000000194. The molecule has 142 valence electrons. The largest absolute Gasteiger partial charge is 0.497 e. The van der Waals surface area contributed by atoms with Gasteiger partial charge in [0.05, 0.1) is 7.11 Å². The zero-order chi connectivity index (χ0) is 19.8. The van der Waals surface area contributed by atoms with Gasteiger partial charge in [-0.05, 0) is 60.7 Å². The normalized spacial score (nSPS) is 9.89. The second kappa shape index (κ2) is 9.54. The van der Waals surface area contributed by atoms with Gasteiger partial charge in [-0.15, -0.1) is 0 Å². The molecule has 0 atom stereocenters. The molecule has 1 amide bonds. The van der Waals surface area contributed by atoms with Gasteiger partial charge in [-0.1, -0.05) is 6.92 Å². The Morgan fingerprint density at radius 1 is 1.22 bits per heavy atom. The maximum absolute atomic E-state index is 11.0. The standard InChI is InChI=1S/C10H13NO2.C9H10N4S/c1-3-10(12)11-8-4-6-9(13-2)7-5-8;1-13-8(11-12-9(13)14)6-2-4-7(10)5-3-6/h4-7H,3H2,1-2H3,(H,11,12);2-5H,10H2,1H3,(H,12,14). The Kier molecular flexibility index (Phi) is 7.13. The van der Waals surface area contributed by atoms with Crippen LogP contribution in [0.4, 0.5) is 11.4 Å². The summed E-state index contributed by atoms with van der Waals surface area (Å²) in [4.78, 5) is 11.0. The van der Waals surface area contributed by atoms with Crippen LogP contribution >= 0.6 is 12.2 Å². The Hall–Kier alpha value is -3.13. The van der Waals surface area contributed by atoms with Gasteiger partial charge in [-0.3, -0.25) is 9.89 Å². The van der Waals surface area contributed by atoms with Gasteiger partial charge in [0.1, 0.15) is 5.75 Å². The van der Waals surface area contributed by atoms with Gasteiger partial charge >= 0.3 is 0 Å². The monoisotopic (exact) mass is 385 g/mol. The number of anilines is 2. The van der Waals surface area contributed by atoms with Gasteiger partial charge in [0.2, 0.25) is 5.91 Å². The fourth-order valence-electron chi connectivity index (χ4n) is 2.16. The predicted octanol–water partition coefficient (Wildman–Crippen LogP) is 3.77. The van der Waals surface area contributed by atoms with E-state index in [9.17, 15) is 4.79 Å². The van der Waals surface area contributed by atoms with Crippen LogP contribution in [0.1, 0.15) is 13.3 Å². The van der Waals surface area contributed by atoms with Crippen LogP contribution in [-0.4, -0.2) is 27.8 Å². The van der Waals surface area contributed by atoms with E-state index in [1.54, 1.807) is 7.11 Å². The molecule has 0 radical (unpaired) electrons. The molecule has 27 heavy (non-hydrogen) atoms. The number of nitrogens with two attached hydrogens (primary N) is 1. The number of rotatable bonds is 4. The maximum atomic E-state index is 11.0. The molecule has 8 heteroatoms. The lowest BCUT2D eigenvalue weighted by Gasteiger charge is -2.04. The number of carbonyl (C=O) groups is 1. The number of ether oxygens (including phenoxy) is 1. The van der Waals surface area contributed by atoms with Crippen LogP contribution in [0, 0.1) is 4.77 Å². The third kappa shape index (κ3) is 5.68. The van der Waals surface area contributed by atoms with E-state index in [2.05, 4.69) is 15.5 Å². The zero-order valence-corrected chi connectivity index (χ0v) is 16.3. The number of hydrogen-bond acceptors (Lipinski definition) is 5. The van der Waals surface area contributed by atoms with E-state index < -0.39 is 0 Å². The van der Waals surface area contributed by atoms with Crippen molar-refractivity contribution in [2.24, 2.45) is 7.05 Å². The van der Waals surface area contributed by atoms with Gasteiger partial charge < -0.3 is 20.4 Å². The smallest absolute Gasteiger partial charge is 0.224 e. The molecule has 0 bridgehead atoms. The van der Waals surface area contributed by atoms with Crippen molar-refractivity contribution in [3.8, 4) is 17.1 Å². The van der Waals surface area contributed by atoms with E-state index in [-0.39, 0.29) is 5.91 Å². The summed E-state index contributed by atoms with van der Waals surface area (Å²) in [5, 5.41) is 9.60. The lowest BCUT2D eigenvalue weighted by atomic mass is 10.2. The minimum Gasteiger partial charge on any atom is -0.497 e. The van der Waals surface area contributed by atoms with Crippen molar-refractivity contribution >= 4 is 29.5 Å². The Bertz CT molecular complexity index is 930. The van der Waals surface area contributed by atoms with Gasteiger partial charge in [0.15, 0.2) is 10.6 Å². The third-order valence-electron chi connectivity index (χ3n) is 3.74. The summed E-state index contributed by atoms with van der Waals surface area (Å²) in [5.41, 5.74) is 8.13. The molecule has 0 fully saturated rings. The molecule has 2 aromatic carbocycles. The number of amides is 1. The average molecular weight is 385 g/mol. The van der Waals surface area contributed by atoms with Crippen molar-refractivity contribution in [3.05, 3.63) is 53.3 Å². The summed E-state index contributed by atoms with van der Waals surface area (Å²) >= 11 is 5.02. The molecule has 0 spiro atoms. The van der Waals surface area contributed by atoms with E-state index >= 15 is 0 Å². The number of nitrogen functional groups attached to an aromatic ring is 1. The molecule has 0 saturated heterocycles. The second-order valence-corrected chi connectivity index (χ2v) is 6.05. The van der Waals surface area contributed by atoms with Gasteiger partial charge in [0, 0.05) is 30.4 Å². The van der Waals surface area contributed by atoms with Gasteiger partial charge in [-0.2, -0.15) is 5.10 Å². The molecular formula is C19H23N5O2S. The molecular weight excluding hydrogens is 362 g/mol. The highest BCUT2D eigenvalue weighted by Gasteiger charge is 2.04. The minimum atomic E-state index is 0.0187. The van der Waals surface area contributed by atoms with E-state index in [0.29, 0.717) is 11.2 Å². The highest BCUT2D eigenvalue weighted by molar-refractivity contribution is 7.71. The summed E-state index contributed by atoms with van der Waals surface area (Å²) in [6, 6.07) is 14.8. The number of benzene rings is 2. The number of nitrogens with zero attached hydrogens (tertiary/aromatic N) is 2.